The van der Waals surface area contributed by atoms with Crippen LogP contribution in [0.15, 0.2) is 0 Å². The number of hydrogen-bond acceptors (Lipinski definition) is 0. The van der Waals surface area contributed by atoms with Crippen LogP contribution in [-0.4, -0.2) is 0 Å². The molecule has 10 atom stereocenters. The Balaban J connectivity index is 1.39. The molecule has 0 amide bonds. The lowest BCUT2D eigenvalue weighted by atomic mass is 9.17. The van der Waals surface area contributed by atoms with E-state index in [0.29, 0.717) is 0 Å². The molecule has 0 saturated heterocycles. The predicted octanol–water partition coefficient (Wildman–Crippen LogP) is 2.79. The highest BCUT2D eigenvalue weighted by Gasteiger charge is 2.82. The van der Waals surface area contributed by atoms with Crippen LogP contribution < -0.4 is 0 Å². The molecule has 0 heterocycles. The van der Waals surface area contributed by atoms with Crippen LogP contribution in [0, 0.1) is 59.2 Å². The first-order chi connectivity index (χ1) is 6.97. The summed E-state index contributed by atoms with van der Waals surface area (Å²) in [5.41, 5.74) is 0. The van der Waals surface area contributed by atoms with Gasteiger partial charge in [0.1, 0.15) is 0 Å². The fourth-order valence-electron chi connectivity index (χ4n) is 7.28. The van der Waals surface area contributed by atoms with Gasteiger partial charge in [0.15, 0.2) is 0 Å². The highest BCUT2D eigenvalue weighted by molar-refractivity contribution is 5.30. The summed E-state index contributed by atoms with van der Waals surface area (Å²) >= 11 is 0. The Bertz CT molecular complexity index is 280. The largest absolute Gasteiger partial charge is 0.0496 e. The zero-order valence-electron chi connectivity index (χ0n) is 8.60. The van der Waals surface area contributed by atoms with E-state index < -0.39 is 0 Å². The summed E-state index contributed by atoms with van der Waals surface area (Å²) < 4.78 is 0. The first-order valence-electron chi connectivity index (χ1n) is 6.97. The van der Waals surface area contributed by atoms with E-state index in [-0.39, 0.29) is 0 Å². The highest BCUT2D eigenvalue weighted by Crippen LogP contribution is 2.87. The molecule has 74 valence electrons. The third-order valence-corrected chi connectivity index (χ3v) is 7.86. The van der Waals surface area contributed by atoms with Gasteiger partial charge in [0.25, 0.3) is 0 Å². The molecular weight excluding hydrogens is 168 g/mol. The van der Waals surface area contributed by atoms with Gasteiger partial charge in [-0.05, 0) is 84.9 Å². The van der Waals surface area contributed by atoms with Crippen LogP contribution in [0.3, 0.4) is 0 Å². The van der Waals surface area contributed by atoms with Gasteiger partial charge in [-0.2, -0.15) is 0 Å². The van der Waals surface area contributed by atoms with Crippen molar-refractivity contribution >= 4 is 0 Å². The summed E-state index contributed by atoms with van der Waals surface area (Å²) in [6.45, 7) is 0. The second kappa shape index (κ2) is 1.62. The maximum atomic E-state index is 1.63. The second-order valence-electron chi connectivity index (χ2n) is 7.27. The van der Waals surface area contributed by atoms with Crippen molar-refractivity contribution < 1.29 is 0 Å². The van der Waals surface area contributed by atoms with E-state index >= 15 is 0 Å². The Hall–Kier alpha value is 0. The van der Waals surface area contributed by atoms with Crippen LogP contribution >= 0.6 is 0 Å². The molecule has 6 unspecified atom stereocenters. The maximum Gasteiger partial charge on any atom is -0.0312 e. The van der Waals surface area contributed by atoms with Gasteiger partial charge in [-0.25, -0.2) is 0 Å². The number of hydrogen-bond donors (Lipinski definition) is 0. The topological polar surface area (TPSA) is 0 Å². The standard InChI is InChI=1S/C14H18/c1-2-6-5(1)9-10(6)14-12-8-4-3-7(8)11(12)13(9)14/h5-14H,1-4H2/t5-,6?,7?,8-,9-,10?,11+,12?,13?,14?/m0/s1. The summed E-state index contributed by atoms with van der Waals surface area (Å²) in [6.07, 6.45) is 6.50. The van der Waals surface area contributed by atoms with Crippen molar-refractivity contribution in [3.05, 3.63) is 0 Å². The average Bonchev–Trinajstić information content (AvgIpc) is 2.10. The normalized spacial score (nSPS) is 84.0. The lowest BCUT2D eigenvalue weighted by Crippen LogP contribution is -2.84. The van der Waals surface area contributed by atoms with Crippen LogP contribution in [0.4, 0.5) is 0 Å². The molecule has 0 aliphatic heterocycles. The van der Waals surface area contributed by atoms with Crippen LogP contribution in [0.5, 0.6) is 0 Å². The molecule has 0 aromatic rings. The smallest absolute Gasteiger partial charge is 0.0312 e. The van der Waals surface area contributed by atoms with Gasteiger partial charge >= 0.3 is 0 Å². The molecule has 0 bridgehead atoms. The third-order valence-electron chi connectivity index (χ3n) is 7.86. The molecule has 0 nitrogen and oxygen atoms in total. The summed E-state index contributed by atoms with van der Waals surface area (Å²) in [6, 6.07) is 0. The van der Waals surface area contributed by atoms with Gasteiger partial charge in [0.2, 0.25) is 0 Å². The van der Waals surface area contributed by atoms with Crippen molar-refractivity contribution in [2.24, 2.45) is 59.2 Å². The molecule has 14 heavy (non-hydrogen) atoms. The van der Waals surface area contributed by atoms with Gasteiger partial charge in [0.05, 0.1) is 0 Å². The van der Waals surface area contributed by atoms with E-state index in [1.165, 1.54) is 59.2 Å². The summed E-state index contributed by atoms with van der Waals surface area (Å²) in [7, 11) is 0. The van der Waals surface area contributed by atoms with Crippen molar-refractivity contribution in [2.75, 3.05) is 0 Å². The molecule has 0 radical (unpaired) electrons. The van der Waals surface area contributed by atoms with Crippen molar-refractivity contribution in [3.63, 3.8) is 0 Å². The third kappa shape index (κ3) is 0.378. The lowest BCUT2D eigenvalue weighted by Gasteiger charge is -2.88. The molecule has 0 N–H and O–H groups in total. The monoisotopic (exact) mass is 186 g/mol. The van der Waals surface area contributed by atoms with Crippen molar-refractivity contribution in [3.8, 4) is 0 Å². The fraction of sp³-hybridized carbons (Fsp3) is 1.00. The molecule has 0 heteroatoms. The Morgan fingerprint density at radius 2 is 0.643 bits per heavy atom. The van der Waals surface area contributed by atoms with Gasteiger partial charge < -0.3 is 0 Å². The van der Waals surface area contributed by atoms with Crippen molar-refractivity contribution in [1.29, 1.82) is 0 Å². The van der Waals surface area contributed by atoms with E-state index in [2.05, 4.69) is 0 Å². The molecule has 6 aliphatic rings. The van der Waals surface area contributed by atoms with E-state index in [4.69, 9.17) is 0 Å². The highest BCUT2D eigenvalue weighted by atomic mass is 14.9. The minimum atomic E-state index is 1.27. The summed E-state index contributed by atoms with van der Waals surface area (Å²) in [5, 5.41) is 0. The maximum absolute atomic E-state index is 1.63. The van der Waals surface area contributed by atoms with E-state index in [1.807, 2.05) is 0 Å². The molecular formula is C14H18. The van der Waals surface area contributed by atoms with Gasteiger partial charge in [-0.15, -0.1) is 0 Å². The molecule has 6 rings (SSSR count). The van der Waals surface area contributed by atoms with E-state index in [0.717, 1.165) is 0 Å². The first-order valence-corrected chi connectivity index (χ1v) is 6.97. The predicted molar refractivity (Wildman–Crippen MR) is 53.4 cm³/mol. The quantitative estimate of drug-likeness (QED) is 0.510. The minimum Gasteiger partial charge on any atom is -0.0496 e. The zero-order chi connectivity index (χ0) is 8.60. The number of fused-ring (bicyclic) bond motifs is 13. The van der Waals surface area contributed by atoms with Gasteiger partial charge in [0, 0.05) is 0 Å². The fourth-order valence-corrected chi connectivity index (χ4v) is 7.28. The average molecular weight is 186 g/mol. The van der Waals surface area contributed by atoms with E-state index in [9.17, 15) is 0 Å². The first kappa shape index (κ1) is 6.55. The van der Waals surface area contributed by atoms with Gasteiger partial charge in [-0.1, -0.05) is 0 Å². The Labute approximate surface area is 85.4 Å². The molecule has 0 aromatic carbocycles. The van der Waals surface area contributed by atoms with Gasteiger partial charge in [-0.3, -0.25) is 0 Å². The van der Waals surface area contributed by atoms with Crippen LogP contribution in [0.25, 0.3) is 0 Å². The van der Waals surface area contributed by atoms with E-state index in [1.54, 1.807) is 25.7 Å². The van der Waals surface area contributed by atoms with Crippen LogP contribution in [0.1, 0.15) is 25.7 Å². The molecule has 0 aromatic heterocycles. The lowest BCUT2D eigenvalue weighted by molar-refractivity contribution is -0.408. The molecule has 0 spiro atoms. The van der Waals surface area contributed by atoms with Crippen LogP contribution in [0.2, 0.25) is 0 Å². The van der Waals surface area contributed by atoms with Crippen molar-refractivity contribution in [1.82, 2.24) is 0 Å². The van der Waals surface area contributed by atoms with Crippen LogP contribution in [-0.2, 0) is 0 Å². The Morgan fingerprint density at radius 1 is 0.357 bits per heavy atom. The Morgan fingerprint density at radius 3 is 0.857 bits per heavy atom. The summed E-state index contributed by atoms with van der Waals surface area (Å²) in [5.74, 6) is 12.8. The molecule has 6 fully saturated rings. The second-order valence-corrected chi connectivity index (χ2v) is 7.27. The van der Waals surface area contributed by atoms with Crippen molar-refractivity contribution in [2.45, 2.75) is 25.7 Å². The minimum absolute atomic E-state index is 1.27. The molecule has 6 saturated carbocycles. The Kier molecular flexibility index (Phi) is 0.758. The summed E-state index contributed by atoms with van der Waals surface area (Å²) in [4.78, 5) is 0. The SMILES string of the molecule is C1C[C@H]2C1[C@@H]1C2C2C3C4CC[C@@H]4[C@@H]3C21. The molecule has 6 aliphatic carbocycles. The number of rotatable bonds is 0. The zero-order valence-corrected chi connectivity index (χ0v) is 8.60.